The maximum atomic E-state index is 12.6. The van der Waals surface area contributed by atoms with Crippen LogP contribution in [0.25, 0.3) is 5.69 Å². The summed E-state index contributed by atoms with van der Waals surface area (Å²) in [5, 5.41) is 8.39. The van der Waals surface area contributed by atoms with Gasteiger partial charge in [-0.3, -0.25) is 4.79 Å². The van der Waals surface area contributed by atoms with Gasteiger partial charge in [0.05, 0.1) is 22.8 Å². The molecule has 0 unspecified atom stereocenters. The highest BCUT2D eigenvalue weighted by atomic mass is 32.2. The van der Waals surface area contributed by atoms with Crippen LogP contribution in [-0.2, 0) is 11.3 Å². The van der Waals surface area contributed by atoms with Gasteiger partial charge in [-0.1, -0.05) is 43.3 Å². The zero-order chi connectivity index (χ0) is 20.1. The number of hydrogen-bond donors (Lipinski definition) is 1. The number of carbonyl (C=O) groups excluding carboxylic acids is 1. The minimum absolute atomic E-state index is 0.0672. The van der Waals surface area contributed by atoms with Crippen LogP contribution in [0.3, 0.4) is 0 Å². The highest BCUT2D eigenvalue weighted by Gasteiger charge is 2.15. The second-order valence-electron chi connectivity index (χ2n) is 6.83. The molecule has 0 bridgehead atoms. The largest absolute Gasteiger partial charge is 0.323 e. The number of anilines is 1. The number of benzene rings is 1. The smallest absolute Gasteiger partial charge is 0.236 e. The minimum Gasteiger partial charge on any atom is -0.323 e. The number of aromatic nitrogens is 4. The number of nitrogens with one attached hydrogen (secondary N) is 1. The van der Waals surface area contributed by atoms with E-state index in [1.54, 1.807) is 4.68 Å². The van der Waals surface area contributed by atoms with Gasteiger partial charge in [0.15, 0.2) is 5.16 Å². The Morgan fingerprint density at radius 2 is 1.93 bits per heavy atom. The van der Waals surface area contributed by atoms with Crippen LogP contribution in [0, 0.1) is 20.8 Å². The number of rotatable bonds is 8. The maximum absolute atomic E-state index is 12.6. The number of thioether (sulfide) groups is 1. The molecule has 2 aromatic heterocycles. The fourth-order valence-electron chi connectivity index (χ4n) is 2.98. The quantitative estimate of drug-likeness (QED) is 0.568. The molecule has 0 saturated heterocycles. The molecule has 0 saturated carbocycles. The van der Waals surface area contributed by atoms with Crippen LogP contribution in [0.1, 0.15) is 36.8 Å². The van der Waals surface area contributed by atoms with Crippen molar-refractivity contribution in [3.8, 4) is 5.69 Å². The molecule has 0 aliphatic rings. The summed E-state index contributed by atoms with van der Waals surface area (Å²) in [6.07, 6.45) is 2.23. The number of aryl methyl sites for hydroxylation is 2. The summed E-state index contributed by atoms with van der Waals surface area (Å²) in [6.45, 7) is 9.14. The molecule has 1 N–H and O–H groups in total. The van der Waals surface area contributed by atoms with Crippen molar-refractivity contribution in [1.29, 1.82) is 0 Å². The van der Waals surface area contributed by atoms with Crippen LogP contribution in [0.5, 0.6) is 0 Å². The molecule has 28 heavy (non-hydrogen) atoms. The Labute approximate surface area is 170 Å². The van der Waals surface area contributed by atoms with Crippen molar-refractivity contribution in [3.63, 3.8) is 0 Å². The first-order valence-corrected chi connectivity index (χ1v) is 10.6. The minimum atomic E-state index is -0.0672. The predicted octanol–water partition coefficient (Wildman–Crippen LogP) is 4.52. The zero-order valence-electron chi connectivity index (χ0n) is 16.9. The van der Waals surface area contributed by atoms with E-state index < -0.39 is 0 Å². The summed E-state index contributed by atoms with van der Waals surface area (Å²) < 4.78 is 3.98. The van der Waals surface area contributed by atoms with Crippen LogP contribution < -0.4 is 5.32 Å². The fourth-order valence-corrected chi connectivity index (χ4v) is 3.89. The summed E-state index contributed by atoms with van der Waals surface area (Å²) in [4.78, 5) is 17.2. The molecule has 1 amide bonds. The van der Waals surface area contributed by atoms with Gasteiger partial charge in [-0.15, -0.1) is 0 Å². The van der Waals surface area contributed by atoms with Gasteiger partial charge in [0.2, 0.25) is 5.91 Å². The Kier molecular flexibility index (Phi) is 6.57. The van der Waals surface area contributed by atoms with E-state index in [4.69, 9.17) is 0 Å². The molecule has 0 atom stereocenters. The Balaban J connectivity index is 1.69. The van der Waals surface area contributed by atoms with E-state index in [0.717, 1.165) is 41.6 Å². The molecule has 0 aliphatic heterocycles. The Hall–Kier alpha value is -2.54. The standard InChI is InChI=1S/C21H27N5OS/c1-5-6-12-25-17(4)16(3)22-21(25)28-14-20(27)23-19-13-15(2)24-26(19)18-10-8-7-9-11-18/h7-11,13H,5-6,12,14H2,1-4H3,(H,23,27). The molecule has 3 rings (SSSR count). The molecule has 3 aromatic rings. The highest BCUT2D eigenvalue weighted by molar-refractivity contribution is 7.99. The first-order chi connectivity index (χ1) is 13.5. The first kappa shape index (κ1) is 20.2. The average Bonchev–Trinajstić information content (AvgIpc) is 3.18. The summed E-state index contributed by atoms with van der Waals surface area (Å²) >= 11 is 1.48. The van der Waals surface area contributed by atoms with E-state index >= 15 is 0 Å². The molecule has 0 radical (unpaired) electrons. The van der Waals surface area contributed by atoms with Gasteiger partial charge in [-0.25, -0.2) is 9.67 Å². The van der Waals surface area contributed by atoms with Crippen molar-refractivity contribution in [2.45, 2.75) is 52.2 Å². The van der Waals surface area contributed by atoms with E-state index in [0.29, 0.717) is 11.6 Å². The summed E-state index contributed by atoms with van der Waals surface area (Å²) in [6, 6.07) is 11.7. The average molecular weight is 398 g/mol. The second kappa shape index (κ2) is 9.10. The number of imidazole rings is 1. The maximum Gasteiger partial charge on any atom is 0.236 e. The molecular formula is C21H27N5OS. The summed E-state index contributed by atoms with van der Waals surface area (Å²) in [7, 11) is 0. The summed E-state index contributed by atoms with van der Waals surface area (Å²) in [5.41, 5.74) is 3.97. The van der Waals surface area contributed by atoms with Crippen LogP contribution in [0.2, 0.25) is 0 Å². The van der Waals surface area contributed by atoms with Gasteiger partial charge in [0.25, 0.3) is 0 Å². The normalized spacial score (nSPS) is 11.0. The van der Waals surface area contributed by atoms with Gasteiger partial charge in [-0.05, 0) is 39.3 Å². The monoisotopic (exact) mass is 397 g/mol. The summed E-state index contributed by atoms with van der Waals surface area (Å²) in [5.74, 6) is 0.916. The second-order valence-corrected chi connectivity index (χ2v) is 7.77. The van der Waals surface area contributed by atoms with Crippen molar-refractivity contribution in [3.05, 3.63) is 53.5 Å². The Morgan fingerprint density at radius 3 is 2.64 bits per heavy atom. The number of para-hydroxylation sites is 1. The van der Waals surface area contributed by atoms with Gasteiger partial charge in [-0.2, -0.15) is 5.10 Å². The van der Waals surface area contributed by atoms with Crippen LogP contribution in [0.15, 0.2) is 41.6 Å². The highest BCUT2D eigenvalue weighted by Crippen LogP contribution is 2.23. The molecule has 1 aromatic carbocycles. The lowest BCUT2D eigenvalue weighted by atomic mass is 10.3. The van der Waals surface area contributed by atoms with Crippen molar-refractivity contribution < 1.29 is 4.79 Å². The van der Waals surface area contributed by atoms with Crippen molar-refractivity contribution in [2.24, 2.45) is 0 Å². The van der Waals surface area contributed by atoms with Gasteiger partial charge >= 0.3 is 0 Å². The lowest BCUT2D eigenvalue weighted by Crippen LogP contribution is -2.17. The van der Waals surface area contributed by atoms with Crippen LogP contribution >= 0.6 is 11.8 Å². The molecule has 0 fully saturated rings. The first-order valence-electron chi connectivity index (χ1n) is 9.58. The molecule has 148 valence electrons. The molecule has 0 spiro atoms. The number of nitrogens with zero attached hydrogens (tertiary/aromatic N) is 4. The Bertz CT molecular complexity index is 945. The molecule has 2 heterocycles. The third-order valence-corrected chi connectivity index (χ3v) is 5.57. The lowest BCUT2D eigenvalue weighted by Gasteiger charge is -2.10. The molecule has 7 heteroatoms. The number of amides is 1. The number of carbonyl (C=O) groups is 1. The van der Waals surface area contributed by atoms with Crippen molar-refractivity contribution >= 4 is 23.5 Å². The number of hydrogen-bond acceptors (Lipinski definition) is 4. The third kappa shape index (κ3) is 4.65. The van der Waals surface area contributed by atoms with E-state index in [1.165, 1.54) is 17.5 Å². The molecule has 6 nitrogen and oxygen atoms in total. The molecular weight excluding hydrogens is 370 g/mol. The predicted molar refractivity (Wildman–Crippen MR) is 114 cm³/mol. The number of unbranched alkanes of at least 4 members (excludes halogenated alkanes) is 1. The van der Waals surface area contributed by atoms with Crippen LogP contribution in [0.4, 0.5) is 5.82 Å². The Morgan fingerprint density at radius 1 is 1.18 bits per heavy atom. The fraction of sp³-hybridized carbons (Fsp3) is 0.381. The van der Waals surface area contributed by atoms with Crippen molar-refractivity contribution in [2.75, 3.05) is 11.1 Å². The van der Waals surface area contributed by atoms with Crippen molar-refractivity contribution in [1.82, 2.24) is 19.3 Å². The van der Waals surface area contributed by atoms with Crippen LogP contribution in [-0.4, -0.2) is 31.0 Å². The van der Waals surface area contributed by atoms with Gasteiger partial charge in [0.1, 0.15) is 5.82 Å². The van der Waals surface area contributed by atoms with Gasteiger partial charge in [0, 0.05) is 18.3 Å². The van der Waals surface area contributed by atoms with E-state index in [-0.39, 0.29) is 5.91 Å². The lowest BCUT2D eigenvalue weighted by molar-refractivity contribution is -0.113. The third-order valence-electron chi connectivity index (χ3n) is 4.59. The topological polar surface area (TPSA) is 64.7 Å². The van der Waals surface area contributed by atoms with E-state index in [1.807, 2.05) is 50.2 Å². The van der Waals surface area contributed by atoms with E-state index in [2.05, 4.69) is 33.8 Å². The van der Waals surface area contributed by atoms with Gasteiger partial charge < -0.3 is 9.88 Å². The zero-order valence-corrected chi connectivity index (χ0v) is 17.7. The SMILES string of the molecule is CCCCn1c(SCC(=O)Nc2cc(C)nn2-c2ccccc2)nc(C)c1C. The molecule has 0 aliphatic carbocycles. The van der Waals surface area contributed by atoms with E-state index in [9.17, 15) is 4.79 Å².